The molecule has 2 N–H and O–H groups in total. The molecule has 0 saturated heterocycles. The Bertz CT molecular complexity index is 1190. The topological polar surface area (TPSA) is 73.9 Å². The van der Waals surface area contributed by atoms with E-state index in [0.717, 1.165) is 35.4 Å². The number of carbonyl (C=O) groups is 1. The van der Waals surface area contributed by atoms with Crippen LogP contribution in [0.1, 0.15) is 61.1 Å². The molecule has 1 aliphatic heterocycles. The lowest BCUT2D eigenvalue weighted by Crippen LogP contribution is -2.37. The fourth-order valence-corrected chi connectivity index (χ4v) is 6.97. The summed E-state index contributed by atoms with van der Waals surface area (Å²) < 4.78 is 0. The molecule has 6 rings (SSSR count). The number of urea groups is 1. The molecule has 2 aliphatic carbocycles. The van der Waals surface area contributed by atoms with Crippen molar-refractivity contribution in [2.75, 3.05) is 18.4 Å². The van der Waals surface area contributed by atoms with Gasteiger partial charge in [0.2, 0.25) is 0 Å². The van der Waals surface area contributed by atoms with Crippen molar-refractivity contribution in [3.05, 3.63) is 46.7 Å². The molecule has 2 amide bonds. The molecule has 4 heterocycles. The first-order chi connectivity index (χ1) is 15.7. The zero-order chi connectivity index (χ0) is 21.5. The Morgan fingerprint density at radius 3 is 2.94 bits per heavy atom. The van der Waals surface area contributed by atoms with Crippen molar-refractivity contribution in [3.63, 3.8) is 0 Å². The third-order valence-electron chi connectivity index (χ3n) is 7.63. The molecule has 0 aromatic carbocycles. The number of fused-ring (bicyclic) bond motifs is 2. The van der Waals surface area contributed by atoms with Crippen LogP contribution in [-0.2, 0) is 12.8 Å². The molecule has 3 aliphatic rings. The number of thiazole rings is 1. The molecule has 6 nitrogen and oxygen atoms in total. The molecule has 1 saturated carbocycles. The molecule has 1 spiro atoms. The number of hydrogen-bond acceptors (Lipinski definition) is 4. The summed E-state index contributed by atoms with van der Waals surface area (Å²) in [7, 11) is 0. The van der Waals surface area contributed by atoms with Gasteiger partial charge in [-0.1, -0.05) is 25.3 Å². The van der Waals surface area contributed by atoms with E-state index >= 15 is 0 Å². The number of aromatic nitrogens is 3. The summed E-state index contributed by atoms with van der Waals surface area (Å²) in [4.78, 5) is 28.6. The quantitative estimate of drug-likeness (QED) is 0.523. The van der Waals surface area contributed by atoms with Gasteiger partial charge in [-0.3, -0.25) is 5.32 Å². The van der Waals surface area contributed by atoms with Crippen molar-refractivity contribution in [1.29, 1.82) is 0 Å². The van der Waals surface area contributed by atoms with Gasteiger partial charge in [-0.15, -0.1) is 11.3 Å². The maximum absolute atomic E-state index is 12.9. The number of H-pyrrole nitrogens is 1. The first kappa shape index (κ1) is 20.0. The van der Waals surface area contributed by atoms with Crippen LogP contribution in [-0.4, -0.2) is 39.0 Å². The number of hydrogen-bond donors (Lipinski definition) is 2. The smallest absolute Gasteiger partial charge is 0.323 e. The second-order valence-electron chi connectivity index (χ2n) is 9.58. The summed E-state index contributed by atoms with van der Waals surface area (Å²) in [6, 6.07) is 4.02. The van der Waals surface area contributed by atoms with Gasteiger partial charge in [-0.05, 0) is 61.6 Å². The van der Waals surface area contributed by atoms with Gasteiger partial charge < -0.3 is 9.88 Å². The van der Waals surface area contributed by atoms with Crippen LogP contribution in [0.2, 0.25) is 0 Å². The number of nitrogens with one attached hydrogen (secondary N) is 2. The van der Waals surface area contributed by atoms with E-state index in [1.807, 2.05) is 17.2 Å². The maximum atomic E-state index is 12.9. The van der Waals surface area contributed by atoms with Crippen LogP contribution in [0.15, 0.2) is 30.6 Å². The highest BCUT2D eigenvalue weighted by molar-refractivity contribution is 7.15. The fraction of sp³-hybridized carbons (Fsp3) is 0.480. The molecular weight excluding hydrogens is 418 g/mol. The monoisotopic (exact) mass is 447 g/mol. The van der Waals surface area contributed by atoms with Gasteiger partial charge >= 0.3 is 6.03 Å². The summed E-state index contributed by atoms with van der Waals surface area (Å²) in [6.07, 6.45) is 17.2. The molecule has 0 unspecified atom stereocenters. The van der Waals surface area contributed by atoms with E-state index in [-0.39, 0.29) is 6.03 Å². The molecule has 0 bridgehead atoms. The second-order valence-corrected chi connectivity index (χ2v) is 10.7. The Labute approximate surface area is 192 Å². The average Bonchev–Trinajstić information content (AvgIpc) is 3.43. The maximum Gasteiger partial charge on any atom is 0.323 e. The van der Waals surface area contributed by atoms with E-state index in [1.165, 1.54) is 60.2 Å². The van der Waals surface area contributed by atoms with Crippen LogP contribution in [0.25, 0.3) is 16.6 Å². The molecule has 0 atom stereocenters. The molecule has 3 aromatic rings. The molecule has 7 heteroatoms. The van der Waals surface area contributed by atoms with Crippen molar-refractivity contribution >= 4 is 39.1 Å². The summed E-state index contributed by atoms with van der Waals surface area (Å²) in [5.41, 5.74) is 5.10. The van der Waals surface area contributed by atoms with Gasteiger partial charge in [-0.2, -0.15) is 0 Å². The number of carbonyl (C=O) groups excluding carboxylic acids is 1. The molecule has 3 aromatic heterocycles. The highest BCUT2D eigenvalue weighted by Gasteiger charge is 2.37. The molecule has 0 radical (unpaired) electrons. The molecule has 32 heavy (non-hydrogen) atoms. The van der Waals surface area contributed by atoms with Gasteiger partial charge in [0.1, 0.15) is 5.65 Å². The number of aromatic amines is 1. The van der Waals surface area contributed by atoms with E-state index in [2.05, 4.69) is 27.4 Å². The van der Waals surface area contributed by atoms with Crippen molar-refractivity contribution in [3.8, 4) is 0 Å². The Morgan fingerprint density at radius 2 is 2.09 bits per heavy atom. The van der Waals surface area contributed by atoms with E-state index in [9.17, 15) is 4.79 Å². The summed E-state index contributed by atoms with van der Waals surface area (Å²) in [5.74, 6) is 0. The van der Waals surface area contributed by atoms with Crippen molar-refractivity contribution < 1.29 is 4.79 Å². The highest BCUT2D eigenvalue weighted by Crippen LogP contribution is 2.48. The predicted octanol–water partition coefficient (Wildman–Crippen LogP) is 5.78. The zero-order valence-electron chi connectivity index (χ0n) is 18.3. The lowest BCUT2D eigenvalue weighted by atomic mass is 9.66. The highest BCUT2D eigenvalue weighted by atomic mass is 32.1. The second kappa shape index (κ2) is 8.03. The third-order valence-corrected chi connectivity index (χ3v) is 8.64. The molecule has 166 valence electrons. The average molecular weight is 448 g/mol. The van der Waals surface area contributed by atoms with Crippen LogP contribution < -0.4 is 5.32 Å². The minimum atomic E-state index is -0.0423. The number of amides is 2. The van der Waals surface area contributed by atoms with Gasteiger partial charge in [0.15, 0.2) is 5.13 Å². The van der Waals surface area contributed by atoms with Crippen LogP contribution in [0.4, 0.5) is 9.93 Å². The summed E-state index contributed by atoms with van der Waals surface area (Å²) in [6.45, 7) is 1.32. The van der Waals surface area contributed by atoms with Crippen molar-refractivity contribution in [2.24, 2.45) is 5.41 Å². The number of nitrogens with zero attached hydrogens (tertiary/aromatic N) is 3. The number of pyridine rings is 1. The Hall–Kier alpha value is -2.67. The Morgan fingerprint density at radius 1 is 1.19 bits per heavy atom. The zero-order valence-corrected chi connectivity index (χ0v) is 19.1. The van der Waals surface area contributed by atoms with Crippen molar-refractivity contribution in [2.45, 2.75) is 57.8 Å². The summed E-state index contributed by atoms with van der Waals surface area (Å²) >= 11 is 1.70. The Kier molecular flexibility index (Phi) is 5.01. The van der Waals surface area contributed by atoms with E-state index in [4.69, 9.17) is 4.98 Å². The number of aryl methyl sites for hydroxylation is 1. The number of anilines is 1. The minimum Gasteiger partial charge on any atom is -0.346 e. The van der Waals surface area contributed by atoms with E-state index < -0.39 is 0 Å². The normalized spacial score (nSPS) is 20.2. The van der Waals surface area contributed by atoms with E-state index in [1.54, 1.807) is 17.5 Å². The van der Waals surface area contributed by atoms with Crippen LogP contribution in [0.5, 0.6) is 0 Å². The standard InChI is InChI=1S/C25H29N5OS/c31-24(29-23-28-20-6-11-25(15-21(20)32-23)9-2-1-3-10-25)30-13-7-17(8-14-30)19-16-27-22-18(19)5-4-12-26-22/h4-5,7,12,16H,1-3,6,8-11,13-15H2,(H,26,27)(H,28,29,31). The first-order valence-electron chi connectivity index (χ1n) is 11.9. The minimum absolute atomic E-state index is 0.0423. The van der Waals surface area contributed by atoms with Crippen LogP contribution in [0.3, 0.4) is 0 Å². The molecule has 1 fully saturated rings. The lowest BCUT2D eigenvalue weighted by molar-refractivity contribution is 0.163. The summed E-state index contributed by atoms with van der Waals surface area (Å²) in [5, 5.41) is 5.00. The first-order valence-corrected chi connectivity index (χ1v) is 12.7. The predicted molar refractivity (Wildman–Crippen MR) is 129 cm³/mol. The van der Waals surface area contributed by atoms with Crippen LogP contribution in [0, 0.1) is 5.41 Å². The van der Waals surface area contributed by atoms with Crippen molar-refractivity contribution in [1.82, 2.24) is 19.9 Å². The van der Waals surface area contributed by atoms with Gasteiger partial charge in [-0.25, -0.2) is 14.8 Å². The van der Waals surface area contributed by atoms with Gasteiger partial charge in [0.05, 0.1) is 5.69 Å². The van der Waals surface area contributed by atoms with Crippen LogP contribution >= 0.6 is 11.3 Å². The van der Waals surface area contributed by atoms with Gasteiger partial charge in [0, 0.05) is 41.3 Å². The molecular formula is C25H29N5OS. The van der Waals surface area contributed by atoms with Gasteiger partial charge in [0.25, 0.3) is 0 Å². The van der Waals surface area contributed by atoms with E-state index in [0.29, 0.717) is 18.5 Å². The number of rotatable bonds is 2. The SMILES string of the molecule is O=C(Nc1nc2c(s1)CC1(CCCCC1)CC2)N1CC=C(c2c[nH]c3ncccc23)CC1. The Balaban J connectivity index is 1.12. The third kappa shape index (κ3) is 3.62. The fourth-order valence-electron chi connectivity index (χ4n) is 5.80. The lowest BCUT2D eigenvalue weighted by Gasteiger charge is -2.39. The largest absolute Gasteiger partial charge is 0.346 e.